The largest absolute Gasteiger partial charge is 0.353 e. The molecule has 3 N–H and O–H groups in total. The summed E-state index contributed by atoms with van der Waals surface area (Å²) in [5.74, 6) is 0.168. The summed E-state index contributed by atoms with van der Waals surface area (Å²) in [7, 11) is 0. The van der Waals surface area contributed by atoms with Crippen molar-refractivity contribution < 1.29 is 4.79 Å². The summed E-state index contributed by atoms with van der Waals surface area (Å²) in [5.41, 5.74) is 8.35. The number of amides is 1. The molecule has 4 heteroatoms. The molecule has 0 saturated heterocycles. The maximum atomic E-state index is 11.9. The fourth-order valence-corrected chi connectivity index (χ4v) is 2.69. The van der Waals surface area contributed by atoms with Crippen LogP contribution in [0.15, 0.2) is 24.3 Å². The first kappa shape index (κ1) is 17.0. The summed E-state index contributed by atoms with van der Waals surface area (Å²) in [6, 6.07) is 9.03. The molecule has 112 valence electrons. The Bertz CT molecular complexity index is 428. The van der Waals surface area contributed by atoms with Crippen molar-refractivity contribution >= 4 is 18.3 Å². The number of hydrogen-bond donors (Lipinski definition) is 2. The van der Waals surface area contributed by atoms with Crippen LogP contribution in [0, 0.1) is 6.92 Å². The lowest BCUT2D eigenvalue weighted by Gasteiger charge is -2.26. The molecule has 1 aliphatic carbocycles. The van der Waals surface area contributed by atoms with Gasteiger partial charge in [0, 0.05) is 18.5 Å². The molecular weight excluding hydrogens is 272 g/mol. The molecular formula is C16H25ClN2O. The fourth-order valence-electron chi connectivity index (χ4n) is 2.69. The van der Waals surface area contributed by atoms with Crippen molar-refractivity contribution in [1.82, 2.24) is 5.32 Å². The van der Waals surface area contributed by atoms with Crippen LogP contribution < -0.4 is 11.1 Å². The van der Waals surface area contributed by atoms with Crippen LogP contribution in [0.2, 0.25) is 0 Å². The van der Waals surface area contributed by atoms with Gasteiger partial charge in [-0.2, -0.15) is 0 Å². The lowest BCUT2D eigenvalue weighted by Crippen LogP contribution is -2.40. The van der Waals surface area contributed by atoms with E-state index < -0.39 is 0 Å². The first-order chi connectivity index (χ1) is 9.13. The molecule has 2 rings (SSSR count). The van der Waals surface area contributed by atoms with Crippen LogP contribution >= 0.6 is 12.4 Å². The minimum atomic E-state index is 0. The van der Waals surface area contributed by atoms with Crippen LogP contribution in [0.25, 0.3) is 0 Å². The minimum absolute atomic E-state index is 0. The van der Waals surface area contributed by atoms with E-state index in [0.717, 1.165) is 32.1 Å². The first-order valence-electron chi connectivity index (χ1n) is 7.24. The van der Waals surface area contributed by atoms with Gasteiger partial charge in [0.05, 0.1) is 0 Å². The number of nitrogens with two attached hydrogens (primary N) is 1. The van der Waals surface area contributed by atoms with Gasteiger partial charge in [0.2, 0.25) is 5.91 Å². The van der Waals surface area contributed by atoms with Gasteiger partial charge in [0.15, 0.2) is 0 Å². The molecule has 0 unspecified atom stereocenters. The van der Waals surface area contributed by atoms with Gasteiger partial charge in [-0.15, -0.1) is 12.4 Å². The molecule has 20 heavy (non-hydrogen) atoms. The van der Waals surface area contributed by atoms with Crippen LogP contribution in [0.3, 0.4) is 0 Å². The van der Waals surface area contributed by atoms with Gasteiger partial charge in [-0.3, -0.25) is 4.79 Å². The molecule has 3 nitrogen and oxygen atoms in total. The molecule has 1 fully saturated rings. The molecule has 1 aromatic carbocycles. The second-order valence-electron chi connectivity index (χ2n) is 5.67. The van der Waals surface area contributed by atoms with Crippen molar-refractivity contribution in [1.29, 1.82) is 0 Å². The number of hydrogen-bond acceptors (Lipinski definition) is 2. The highest BCUT2D eigenvalue weighted by molar-refractivity contribution is 5.85. The van der Waals surface area contributed by atoms with Crippen LogP contribution in [-0.2, 0) is 11.2 Å². The quantitative estimate of drug-likeness (QED) is 0.897. The van der Waals surface area contributed by atoms with Gasteiger partial charge in [-0.05, 0) is 44.6 Å². The zero-order valence-corrected chi connectivity index (χ0v) is 12.9. The van der Waals surface area contributed by atoms with E-state index in [2.05, 4.69) is 30.4 Å². The Kier molecular flexibility index (Phi) is 7.03. The van der Waals surface area contributed by atoms with E-state index in [1.807, 2.05) is 6.07 Å². The number of aryl methyl sites for hydroxylation is 2. The zero-order chi connectivity index (χ0) is 13.7. The predicted molar refractivity (Wildman–Crippen MR) is 85.1 cm³/mol. The average molecular weight is 297 g/mol. The van der Waals surface area contributed by atoms with Crippen LogP contribution in [0.4, 0.5) is 0 Å². The van der Waals surface area contributed by atoms with Gasteiger partial charge < -0.3 is 11.1 Å². The van der Waals surface area contributed by atoms with Crippen molar-refractivity contribution in [2.24, 2.45) is 5.73 Å². The van der Waals surface area contributed by atoms with E-state index in [4.69, 9.17) is 5.73 Å². The van der Waals surface area contributed by atoms with E-state index in [1.54, 1.807) is 0 Å². The third-order valence-corrected chi connectivity index (χ3v) is 3.86. The van der Waals surface area contributed by atoms with E-state index in [9.17, 15) is 4.79 Å². The molecule has 1 aromatic rings. The van der Waals surface area contributed by atoms with Crippen molar-refractivity contribution in [2.75, 3.05) is 0 Å². The summed E-state index contributed by atoms with van der Waals surface area (Å²) in [6.45, 7) is 2.08. The number of nitrogens with one attached hydrogen (secondary N) is 1. The number of rotatable bonds is 4. The van der Waals surface area contributed by atoms with Crippen molar-refractivity contribution in [2.45, 2.75) is 57.5 Å². The van der Waals surface area contributed by atoms with Gasteiger partial charge in [-0.1, -0.05) is 29.8 Å². The molecule has 1 aliphatic rings. The molecule has 0 aliphatic heterocycles. The highest BCUT2D eigenvalue weighted by atomic mass is 35.5. The highest BCUT2D eigenvalue weighted by Crippen LogP contribution is 2.17. The van der Waals surface area contributed by atoms with Gasteiger partial charge in [0.25, 0.3) is 0 Å². The summed E-state index contributed by atoms with van der Waals surface area (Å²) >= 11 is 0. The normalized spacial score (nSPS) is 21.9. The smallest absolute Gasteiger partial charge is 0.220 e. The maximum absolute atomic E-state index is 11.9. The SMILES string of the molecule is Cc1cccc(CCC(=O)NC2CCC(N)CC2)c1.Cl. The Hall–Kier alpha value is -1.06. The number of halogens is 1. The van der Waals surface area contributed by atoms with Gasteiger partial charge in [-0.25, -0.2) is 0 Å². The summed E-state index contributed by atoms with van der Waals surface area (Å²) in [5, 5.41) is 3.13. The molecule has 1 saturated carbocycles. The zero-order valence-electron chi connectivity index (χ0n) is 12.1. The molecule has 0 spiro atoms. The third-order valence-electron chi connectivity index (χ3n) is 3.86. The lowest BCUT2D eigenvalue weighted by molar-refractivity contribution is -0.122. The number of benzene rings is 1. The van der Waals surface area contributed by atoms with Gasteiger partial charge in [0.1, 0.15) is 0 Å². The van der Waals surface area contributed by atoms with Crippen molar-refractivity contribution in [3.8, 4) is 0 Å². The Labute approximate surface area is 127 Å². The monoisotopic (exact) mass is 296 g/mol. The highest BCUT2D eigenvalue weighted by Gasteiger charge is 2.19. The number of carbonyl (C=O) groups is 1. The topological polar surface area (TPSA) is 55.1 Å². The first-order valence-corrected chi connectivity index (χ1v) is 7.24. The Morgan fingerprint density at radius 1 is 1.30 bits per heavy atom. The molecule has 0 aromatic heterocycles. The Balaban J connectivity index is 0.00000200. The Morgan fingerprint density at radius 2 is 2.00 bits per heavy atom. The summed E-state index contributed by atoms with van der Waals surface area (Å²) < 4.78 is 0. The average Bonchev–Trinajstić information content (AvgIpc) is 2.39. The standard InChI is InChI=1S/C16H24N2O.ClH/c1-12-3-2-4-13(11-12)5-10-16(19)18-15-8-6-14(17)7-9-15;/h2-4,11,14-15H,5-10,17H2,1H3,(H,18,19);1H. The minimum Gasteiger partial charge on any atom is -0.353 e. The van der Waals surface area contributed by atoms with E-state index in [-0.39, 0.29) is 18.3 Å². The molecule has 0 heterocycles. The fraction of sp³-hybridized carbons (Fsp3) is 0.562. The molecule has 0 bridgehead atoms. The molecule has 1 amide bonds. The van der Waals surface area contributed by atoms with E-state index >= 15 is 0 Å². The lowest BCUT2D eigenvalue weighted by atomic mass is 9.91. The van der Waals surface area contributed by atoms with E-state index in [1.165, 1.54) is 11.1 Å². The third kappa shape index (κ3) is 5.51. The number of carbonyl (C=O) groups excluding carboxylic acids is 1. The Morgan fingerprint density at radius 3 is 2.65 bits per heavy atom. The maximum Gasteiger partial charge on any atom is 0.220 e. The van der Waals surface area contributed by atoms with Crippen LogP contribution in [0.5, 0.6) is 0 Å². The van der Waals surface area contributed by atoms with Crippen molar-refractivity contribution in [3.05, 3.63) is 35.4 Å². The predicted octanol–water partition coefficient (Wildman–Crippen LogP) is 2.74. The second kappa shape index (κ2) is 8.28. The summed E-state index contributed by atoms with van der Waals surface area (Å²) in [6.07, 6.45) is 5.51. The van der Waals surface area contributed by atoms with Gasteiger partial charge >= 0.3 is 0 Å². The summed E-state index contributed by atoms with van der Waals surface area (Å²) in [4.78, 5) is 11.9. The van der Waals surface area contributed by atoms with E-state index in [0.29, 0.717) is 18.5 Å². The second-order valence-corrected chi connectivity index (χ2v) is 5.67. The molecule has 0 atom stereocenters. The van der Waals surface area contributed by atoms with Crippen LogP contribution in [-0.4, -0.2) is 18.0 Å². The van der Waals surface area contributed by atoms with Crippen LogP contribution in [0.1, 0.15) is 43.2 Å². The molecule has 0 radical (unpaired) electrons. The van der Waals surface area contributed by atoms with Crippen molar-refractivity contribution in [3.63, 3.8) is 0 Å².